The van der Waals surface area contributed by atoms with Gasteiger partial charge in [-0.15, -0.1) is 14.9 Å². The van der Waals surface area contributed by atoms with Crippen LogP contribution in [0.1, 0.15) is 11.3 Å². The summed E-state index contributed by atoms with van der Waals surface area (Å²) in [5.41, 5.74) is 0.404. The van der Waals surface area contributed by atoms with Crippen LogP contribution in [0.4, 0.5) is 0 Å². The lowest BCUT2D eigenvalue weighted by Crippen LogP contribution is -2.25. The lowest BCUT2D eigenvalue weighted by atomic mass is 10.1. The first kappa shape index (κ1) is 14.2. The maximum atomic E-state index is 11.6. The second-order valence-corrected chi connectivity index (χ2v) is 6.49. The minimum absolute atomic E-state index is 0.0295. The predicted octanol–water partition coefficient (Wildman–Crippen LogP) is 0.563. The van der Waals surface area contributed by atoms with Gasteiger partial charge >= 0.3 is 5.56 Å². The van der Waals surface area contributed by atoms with Gasteiger partial charge in [0.15, 0.2) is 9.84 Å². The molecule has 0 unspecified atom stereocenters. The van der Waals surface area contributed by atoms with Crippen molar-refractivity contribution < 1.29 is 13.6 Å². The predicted molar refractivity (Wildman–Crippen MR) is 71.5 cm³/mol. The van der Waals surface area contributed by atoms with Gasteiger partial charge < -0.3 is 5.21 Å². The van der Waals surface area contributed by atoms with Crippen molar-refractivity contribution in [3.8, 4) is 11.4 Å². The first-order valence-corrected chi connectivity index (χ1v) is 7.57. The van der Waals surface area contributed by atoms with E-state index in [1.54, 1.807) is 6.92 Å². The van der Waals surface area contributed by atoms with Crippen LogP contribution in [-0.4, -0.2) is 34.8 Å². The second-order valence-electron chi connectivity index (χ2n) is 4.47. The van der Waals surface area contributed by atoms with Gasteiger partial charge in [0.1, 0.15) is 5.69 Å². The van der Waals surface area contributed by atoms with Crippen LogP contribution < -0.4 is 5.56 Å². The summed E-state index contributed by atoms with van der Waals surface area (Å²) in [6, 6.07) is 4.33. The zero-order chi connectivity index (χ0) is 15.1. The molecule has 0 saturated carbocycles. The molecule has 8 heteroatoms. The van der Waals surface area contributed by atoms with Gasteiger partial charge in [0.25, 0.3) is 0 Å². The molecule has 0 radical (unpaired) electrons. The summed E-state index contributed by atoms with van der Waals surface area (Å²) < 4.78 is 23.3. The van der Waals surface area contributed by atoms with Crippen molar-refractivity contribution in [2.24, 2.45) is 0 Å². The third-order valence-electron chi connectivity index (χ3n) is 2.86. The minimum atomic E-state index is -3.32. The Morgan fingerprint density at radius 2 is 1.85 bits per heavy atom. The maximum absolute atomic E-state index is 11.6. The lowest BCUT2D eigenvalue weighted by Gasteiger charge is -2.09. The molecule has 1 aromatic carbocycles. The van der Waals surface area contributed by atoms with Gasteiger partial charge in [0.05, 0.1) is 4.90 Å². The van der Waals surface area contributed by atoms with Crippen molar-refractivity contribution >= 4 is 9.84 Å². The zero-order valence-corrected chi connectivity index (χ0v) is 12.0. The van der Waals surface area contributed by atoms with E-state index in [2.05, 4.69) is 10.2 Å². The largest absolute Gasteiger partial charge is 0.423 e. The molecule has 1 N–H and O–H groups in total. The number of aromatic nitrogens is 3. The molecule has 0 atom stereocenters. The molecule has 2 rings (SSSR count). The number of benzene rings is 1. The quantitative estimate of drug-likeness (QED) is 0.812. The Hall–Kier alpha value is -2.22. The van der Waals surface area contributed by atoms with Crippen molar-refractivity contribution in [1.29, 1.82) is 0 Å². The van der Waals surface area contributed by atoms with Crippen LogP contribution in [0.3, 0.4) is 0 Å². The summed E-state index contributed by atoms with van der Waals surface area (Å²) >= 11 is 0. The number of hydrogen-bond donors (Lipinski definition) is 1. The smallest absolute Gasteiger partial charge is 0.308 e. The molecular weight excluding hydrogens is 282 g/mol. The Morgan fingerprint density at radius 3 is 2.40 bits per heavy atom. The van der Waals surface area contributed by atoms with Crippen molar-refractivity contribution in [3.05, 3.63) is 39.8 Å². The highest BCUT2D eigenvalue weighted by Gasteiger charge is 2.15. The lowest BCUT2D eigenvalue weighted by molar-refractivity contribution is 0.173. The monoisotopic (exact) mass is 295 g/mol. The van der Waals surface area contributed by atoms with Gasteiger partial charge in [-0.25, -0.2) is 8.42 Å². The topological polar surface area (TPSA) is 102 Å². The molecule has 1 aromatic heterocycles. The van der Waals surface area contributed by atoms with E-state index in [-0.39, 0.29) is 16.4 Å². The SMILES string of the molecule is Cc1cc(S(C)(=O)=O)ccc1-c1nnc(C)c(=O)n1O. The first-order chi connectivity index (χ1) is 9.21. The third-order valence-corrected chi connectivity index (χ3v) is 3.97. The van der Waals surface area contributed by atoms with Crippen LogP contribution in [0.5, 0.6) is 0 Å². The van der Waals surface area contributed by atoms with Crippen LogP contribution >= 0.6 is 0 Å². The number of rotatable bonds is 2. The van der Waals surface area contributed by atoms with Crippen LogP contribution in [0.25, 0.3) is 11.4 Å². The van der Waals surface area contributed by atoms with E-state index in [1.807, 2.05) is 0 Å². The van der Waals surface area contributed by atoms with Gasteiger partial charge in [0, 0.05) is 11.8 Å². The van der Waals surface area contributed by atoms with Gasteiger partial charge in [-0.3, -0.25) is 4.79 Å². The van der Waals surface area contributed by atoms with Crippen molar-refractivity contribution in [1.82, 2.24) is 14.9 Å². The average Bonchev–Trinajstić information content (AvgIpc) is 2.36. The second kappa shape index (κ2) is 4.71. The molecule has 1 heterocycles. The Labute approximate surface area is 115 Å². The normalized spacial score (nSPS) is 11.6. The van der Waals surface area contributed by atoms with Crippen molar-refractivity contribution in [3.63, 3.8) is 0 Å². The van der Waals surface area contributed by atoms with Gasteiger partial charge in [-0.1, -0.05) is 0 Å². The van der Waals surface area contributed by atoms with Gasteiger partial charge in [0.2, 0.25) is 5.82 Å². The van der Waals surface area contributed by atoms with E-state index < -0.39 is 15.4 Å². The van der Waals surface area contributed by atoms with E-state index in [0.29, 0.717) is 15.9 Å². The van der Waals surface area contributed by atoms with Gasteiger partial charge in [-0.2, -0.15) is 0 Å². The third kappa shape index (κ3) is 2.42. The number of nitrogens with zero attached hydrogens (tertiary/aromatic N) is 3. The fourth-order valence-corrected chi connectivity index (χ4v) is 2.45. The highest BCUT2D eigenvalue weighted by atomic mass is 32.2. The van der Waals surface area contributed by atoms with Gasteiger partial charge in [-0.05, 0) is 37.6 Å². The fourth-order valence-electron chi connectivity index (χ4n) is 1.74. The molecule has 0 bridgehead atoms. The Balaban J connectivity index is 2.67. The molecule has 0 fully saturated rings. The molecule has 0 aliphatic rings. The molecule has 20 heavy (non-hydrogen) atoms. The Kier molecular flexibility index (Phi) is 3.34. The number of hydrogen-bond acceptors (Lipinski definition) is 6. The average molecular weight is 295 g/mol. The van der Waals surface area contributed by atoms with E-state index in [4.69, 9.17) is 0 Å². The van der Waals surface area contributed by atoms with E-state index in [9.17, 15) is 18.4 Å². The molecule has 0 aliphatic carbocycles. The van der Waals surface area contributed by atoms with E-state index >= 15 is 0 Å². The number of aryl methyl sites for hydroxylation is 2. The summed E-state index contributed by atoms with van der Waals surface area (Å²) in [7, 11) is -3.32. The minimum Gasteiger partial charge on any atom is -0.423 e. The summed E-state index contributed by atoms with van der Waals surface area (Å²) in [5.74, 6) is -0.0295. The summed E-state index contributed by atoms with van der Waals surface area (Å²) in [4.78, 5) is 11.8. The standard InChI is InChI=1S/C12H13N3O4S/c1-7-6-9(20(3,18)19)4-5-10(7)11-14-13-8(2)12(16)15(11)17/h4-6,17H,1-3H3. The maximum Gasteiger partial charge on any atom is 0.308 e. The van der Waals surface area contributed by atoms with Crippen molar-refractivity contribution in [2.75, 3.05) is 6.26 Å². The highest BCUT2D eigenvalue weighted by molar-refractivity contribution is 7.90. The van der Waals surface area contributed by atoms with Crippen molar-refractivity contribution in [2.45, 2.75) is 18.7 Å². The number of sulfone groups is 1. The summed E-state index contributed by atoms with van der Waals surface area (Å²) in [6.07, 6.45) is 1.11. The molecule has 0 saturated heterocycles. The summed E-state index contributed by atoms with van der Waals surface area (Å²) in [6.45, 7) is 3.10. The first-order valence-electron chi connectivity index (χ1n) is 5.68. The van der Waals surface area contributed by atoms with Crippen LogP contribution in [0.2, 0.25) is 0 Å². The fraction of sp³-hybridized carbons (Fsp3) is 0.250. The van der Waals surface area contributed by atoms with E-state index in [0.717, 1.165) is 6.26 Å². The van der Waals surface area contributed by atoms with Crippen LogP contribution in [0, 0.1) is 13.8 Å². The zero-order valence-electron chi connectivity index (χ0n) is 11.2. The summed E-state index contributed by atoms with van der Waals surface area (Å²) in [5, 5.41) is 17.2. The Bertz CT molecular complexity index is 840. The van der Waals surface area contributed by atoms with Crippen LogP contribution in [-0.2, 0) is 9.84 Å². The Morgan fingerprint density at radius 1 is 1.20 bits per heavy atom. The molecule has 0 aliphatic heterocycles. The molecule has 106 valence electrons. The van der Waals surface area contributed by atoms with E-state index in [1.165, 1.54) is 25.1 Å². The molecule has 7 nitrogen and oxygen atoms in total. The van der Waals surface area contributed by atoms with Crippen LogP contribution in [0.15, 0.2) is 27.9 Å². The molecular formula is C12H13N3O4S. The molecule has 2 aromatic rings. The molecule has 0 spiro atoms. The molecule has 0 amide bonds. The highest BCUT2D eigenvalue weighted by Crippen LogP contribution is 2.22.